The Morgan fingerprint density at radius 2 is 2.09 bits per heavy atom. The van der Waals surface area contributed by atoms with Crippen molar-refractivity contribution in [3.8, 4) is 0 Å². The van der Waals surface area contributed by atoms with Crippen LogP contribution in [0.3, 0.4) is 0 Å². The van der Waals surface area contributed by atoms with Gasteiger partial charge in [-0.15, -0.1) is 0 Å². The summed E-state index contributed by atoms with van der Waals surface area (Å²) in [6.07, 6.45) is 4.47. The molecular formula is C21H28FN5O5. The molecule has 3 amide bonds. The molecule has 0 aliphatic rings. The van der Waals surface area contributed by atoms with Crippen LogP contribution in [0.5, 0.6) is 0 Å². The van der Waals surface area contributed by atoms with Gasteiger partial charge in [-0.3, -0.25) is 19.6 Å². The van der Waals surface area contributed by atoms with Crippen LogP contribution < -0.4 is 10.6 Å². The zero-order valence-corrected chi connectivity index (χ0v) is 18.2. The number of hydrogen-bond acceptors (Lipinski definition) is 7. The number of aromatic nitrogens is 2. The second kappa shape index (κ2) is 11.9. The Morgan fingerprint density at radius 1 is 1.34 bits per heavy atom. The van der Waals surface area contributed by atoms with Crippen molar-refractivity contribution in [1.82, 2.24) is 20.3 Å². The summed E-state index contributed by atoms with van der Waals surface area (Å²) in [5.74, 6) is -1.96. The van der Waals surface area contributed by atoms with Gasteiger partial charge < -0.3 is 15.1 Å². The first-order valence-electron chi connectivity index (χ1n) is 10.3. The lowest BCUT2D eigenvalue weighted by Crippen LogP contribution is -2.40. The van der Waals surface area contributed by atoms with Gasteiger partial charge in [0.25, 0.3) is 5.91 Å². The van der Waals surface area contributed by atoms with E-state index in [0.29, 0.717) is 11.5 Å². The van der Waals surface area contributed by atoms with Crippen LogP contribution in [-0.2, 0) is 9.59 Å². The number of unbranched alkanes of at least 4 members (excludes halogenated alkanes) is 1. The van der Waals surface area contributed by atoms with Crippen LogP contribution in [0.2, 0.25) is 0 Å². The number of hydrogen-bond donors (Lipinski definition) is 3. The molecule has 0 aliphatic heterocycles. The molecule has 10 nitrogen and oxygen atoms in total. The molecule has 32 heavy (non-hydrogen) atoms. The van der Waals surface area contributed by atoms with Gasteiger partial charge in [0.1, 0.15) is 23.9 Å². The van der Waals surface area contributed by atoms with Crippen molar-refractivity contribution in [2.24, 2.45) is 11.8 Å². The van der Waals surface area contributed by atoms with Crippen molar-refractivity contribution < 1.29 is 28.4 Å². The third kappa shape index (κ3) is 7.12. The molecule has 0 saturated carbocycles. The van der Waals surface area contributed by atoms with E-state index in [1.165, 1.54) is 6.07 Å². The maximum atomic E-state index is 13.0. The van der Waals surface area contributed by atoms with Crippen molar-refractivity contribution in [3.63, 3.8) is 0 Å². The average Bonchev–Trinajstić information content (AvgIpc) is 3.25. The van der Waals surface area contributed by atoms with Crippen LogP contribution in [0.1, 0.15) is 62.5 Å². The molecule has 11 heteroatoms. The molecule has 0 aromatic carbocycles. The van der Waals surface area contributed by atoms with Crippen molar-refractivity contribution in [2.75, 3.05) is 11.9 Å². The predicted octanol–water partition coefficient (Wildman–Crippen LogP) is 2.93. The number of nitrogens with zero attached hydrogens (tertiary/aromatic N) is 3. The van der Waals surface area contributed by atoms with E-state index in [4.69, 9.17) is 4.42 Å². The smallest absolute Gasteiger partial charge is 0.278 e. The number of nitrogens with one attached hydrogen (secondary N) is 2. The van der Waals surface area contributed by atoms with Crippen molar-refractivity contribution in [2.45, 2.75) is 46.1 Å². The highest BCUT2D eigenvalue weighted by Gasteiger charge is 2.29. The Morgan fingerprint density at radius 3 is 2.69 bits per heavy atom. The van der Waals surface area contributed by atoms with Crippen molar-refractivity contribution in [1.29, 1.82) is 0 Å². The zero-order chi connectivity index (χ0) is 23.7. The fraction of sp³-hybridized carbons (Fsp3) is 0.476. The Hall–Kier alpha value is -3.34. The van der Waals surface area contributed by atoms with Crippen LogP contribution in [0.25, 0.3) is 0 Å². The fourth-order valence-corrected chi connectivity index (χ4v) is 2.97. The first-order valence-corrected chi connectivity index (χ1v) is 10.3. The topological polar surface area (TPSA) is 138 Å². The number of amides is 3. The second-order valence-electron chi connectivity index (χ2n) is 7.68. The van der Waals surface area contributed by atoms with Gasteiger partial charge in [-0.05, 0) is 24.5 Å². The van der Waals surface area contributed by atoms with Crippen LogP contribution in [0.4, 0.5) is 10.2 Å². The van der Waals surface area contributed by atoms with Gasteiger partial charge >= 0.3 is 0 Å². The summed E-state index contributed by atoms with van der Waals surface area (Å²) in [5.41, 5.74) is -0.0314. The molecule has 3 N–H and O–H groups in total. The normalized spacial score (nSPS) is 12.8. The molecule has 0 aliphatic carbocycles. The van der Waals surface area contributed by atoms with E-state index in [-0.39, 0.29) is 42.2 Å². The van der Waals surface area contributed by atoms with E-state index in [9.17, 15) is 24.0 Å². The van der Waals surface area contributed by atoms with Gasteiger partial charge in [-0.25, -0.2) is 19.4 Å². The number of oxazole rings is 1. The molecule has 174 valence electrons. The number of rotatable bonds is 12. The van der Waals surface area contributed by atoms with E-state index >= 15 is 0 Å². The average molecular weight is 449 g/mol. The molecule has 2 heterocycles. The van der Waals surface area contributed by atoms with Gasteiger partial charge in [0.15, 0.2) is 5.69 Å². The number of pyridine rings is 1. The molecule has 2 atom stereocenters. The highest BCUT2D eigenvalue weighted by Crippen LogP contribution is 2.23. The molecule has 2 aromatic rings. The van der Waals surface area contributed by atoms with Crippen LogP contribution in [-0.4, -0.2) is 45.0 Å². The van der Waals surface area contributed by atoms with Gasteiger partial charge in [0.05, 0.1) is 18.7 Å². The largest absolute Gasteiger partial charge is 0.446 e. The highest BCUT2D eigenvalue weighted by atomic mass is 19.1. The summed E-state index contributed by atoms with van der Waals surface area (Å²) in [5, 5.41) is 15.3. The molecule has 2 aromatic heterocycles. The molecule has 0 spiro atoms. The van der Waals surface area contributed by atoms with E-state index in [1.807, 2.05) is 20.8 Å². The number of hydroxylamine groups is 2. The molecule has 0 bridgehead atoms. The summed E-state index contributed by atoms with van der Waals surface area (Å²) in [7, 11) is 0. The standard InChI is InChI=1S/C21H28FN5O5/c1-4-5-6-14(10-27(31)12-28)19(29)26-18(13(2)3)21-24-16(11-32-21)20(30)25-17-8-7-15(22)9-23-17/h7-9,11-14,18,31H,4-6,10H2,1-3H3,(H,26,29)(H,23,25,30)/t14-,18+/m1/s1. The van der Waals surface area contributed by atoms with Crippen LogP contribution in [0.15, 0.2) is 29.0 Å². The number of carbonyl (C=O) groups excluding carboxylic acids is 3. The highest BCUT2D eigenvalue weighted by molar-refractivity contribution is 6.02. The Kier molecular flexibility index (Phi) is 9.26. The van der Waals surface area contributed by atoms with Crippen molar-refractivity contribution >= 4 is 24.0 Å². The van der Waals surface area contributed by atoms with Gasteiger partial charge in [0, 0.05) is 0 Å². The molecule has 2 rings (SSSR count). The van der Waals surface area contributed by atoms with E-state index in [2.05, 4.69) is 20.6 Å². The summed E-state index contributed by atoms with van der Waals surface area (Å²) < 4.78 is 18.4. The third-order valence-corrected chi connectivity index (χ3v) is 4.76. The number of halogens is 1. The number of carbonyl (C=O) groups is 3. The summed E-state index contributed by atoms with van der Waals surface area (Å²) >= 11 is 0. The quantitative estimate of drug-likeness (QED) is 0.257. The van der Waals surface area contributed by atoms with Gasteiger partial charge in [-0.1, -0.05) is 33.6 Å². The van der Waals surface area contributed by atoms with Crippen LogP contribution >= 0.6 is 0 Å². The minimum atomic E-state index is -0.638. The minimum Gasteiger partial charge on any atom is -0.446 e. The molecule has 0 saturated heterocycles. The van der Waals surface area contributed by atoms with E-state index < -0.39 is 23.7 Å². The Bertz CT molecular complexity index is 902. The zero-order valence-electron chi connectivity index (χ0n) is 18.2. The maximum absolute atomic E-state index is 13.0. The predicted molar refractivity (Wildman–Crippen MR) is 112 cm³/mol. The summed E-state index contributed by atoms with van der Waals surface area (Å²) in [6, 6.07) is 1.83. The lowest BCUT2D eigenvalue weighted by Gasteiger charge is -2.24. The Balaban J connectivity index is 2.11. The maximum Gasteiger partial charge on any atom is 0.278 e. The van der Waals surface area contributed by atoms with E-state index in [0.717, 1.165) is 31.4 Å². The molecule has 0 unspecified atom stereocenters. The molecule has 0 radical (unpaired) electrons. The first kappa shape index (κ1) is 24.9. The lowest BCUT2D eigenvalue weighted by atomic mass is 9.98. The van der Waals surface area contributed by atoms with Gasteiger partial charge in [-0.2, -0.15) is 0 Å². The fourth-order valence-electron chi connectivity index (χ4n) is 2.97. The SMILES string of the molecule is CCCC[C@H](CN(O)C=O)C(=O)N[C@H](c1nc(C(=O)Nc2ccc(F)cn2)co1)C(C)C. The minimum absolute atomic E-state index is 0.0314. The van der Waals surface area contributed by atoms with Crippen LogP contribution in [0, 0.1) is 17.7 Å². The molecule has 0 fully saturated rings. The number of anilines is 1. The summed E-state index contributed by atoms with van der Waals surface area (Å²) in [4.78, 5) is 43.9. The third-order valence-electron chi connectivity index (χ3n) is 4.76. The van der Waals surface area contributed by atoms with E-state index in [1.54, 1.807) is 0 Å². The molecular weight excluding hydrogens is 421 g/mol. The van der Waals surface area contributed by atoms with Gasteiger partial charge in [0.2, 0.25) is 18.2 Å². The Labute approximate surface area is 185 Å². The summed E-state index contributed by atoms with van der Waals surface area (Å²) in [6.45, 7) is 5.54. The second-order valence-corrected chi connectivity index (χ2v) is 7.68. The first-order chi connectivity index (χ1) is 15.2. The monoisotopic (exact) mass is 449 g/mol. The lowest BCUT2D eigenvalue weighted by molar-refractivity contribution is -0.154. The van der Waals surface area contributed by atoms with Crippen molar-refractivity contribution in [3.05, 3.63) is 42.0 Å².